The lowest BCUT2D eigenvalue weighted by Gasteiger charge is -2.27. The number of halogens is 1. The van der Waals surface area contributed by atoms with Crippen LogP contribution in [0.1, 0.15) is 24.8 Å². The zero-order valence-corrected chi connectivity index (χ0v) is 13.2. The highest BCUT2D eigenvalue weighted by Gasteiger charge is 2.12. The van der Waals surface area contributed by atoms with E-state index in [4.69, 9.17) is 0 Å². The second kappa shape index (κ2) is 7.21. The van der Waals surface area contributed by atoms with Crippen molar-refractivity contribution in [3.63, 3.8) is 0 Å². The van der Waals surface area contributed by atoms with Gasteiger partial charge in [-0.05, 0) is 37.0 Å². The summed E-state index contributed by atoms with van der Waals surface area (Å²) < 4.78 is 13.4. The Kier molecular flexibility index (Phi) is 4.85. The van der Waals surface area contributed by atoms with E-state index >= 15 is 0 Å². The number of nitrogens with zero attached hydrogens (tertiary/aromatic N) is 4. The Bertz CT molecular complexity index is 657. The number of nitrogens with one attached hydrogen (secondary N) is 2. The van der Waals surface area contributed by atoms with Gasteiger partial charge in [-0.25, -0.2) is 14.4 Å². The molecule has 0 atom stereocenters. The van der Waals surface area contributed by atoms with E-state index in [1.54, 1.807) is 7.05 Å². The molecule has 2 N–H and O–H groups in total. The number of hydrogen-bond donors (Lipinski definition) is 2. The maximum Gasteiger partial charge on any atom is 0.225 e. The van der Waals surface area contributed by atoms with Gasteiger partial charge >= 0.3 is 0 Å². The fraction of sp³-hybridized carbons (Fsp3) is 0.438. The van der Waals surface area contributed by atoms with E-state index < -0.39 is 5.82 Å². The molecule has 122 valence electrons. The Balaban J connectivity index is 1.66. The Hall–Kier alpha value is -2.44. The van der Waals surface area contributed by atoms with Crippen LogP contribution in [0.4, 0.5) is 22.0 Å². The molecule has 1 aliphatic heterocycles. The number of pyridine rings is 1. The van der Waals surface area contributed by atoms with E-state index in [9.17, 15) is 4.39 Å². The molecule has 6 nitrogen and oxygen atoms in total. The zero-order chi connectivity index (χ0) is 16.1. The van der Waals surface area contributed by atoms with Crippen molar-refractivity contribution >= 4 is 17.6 Å². The molecule has 0 spiro atoms. The summed E-state index contributed by atoms with van der Waals surface area (Å²) in [4.78, 5) is 14.8. The highest BCUT2D eigenvalue weighted by molar-refractivity contribution is 5.43. The summed E-state index contributed by atoms with van der Waals surface area (Å²) >= 11 is 0. The molecular weight excluding hydrogens is 295 g/mol. The van der Waals surface area contributed by atoms with Crippen LogP contribution in [-0.2, 0) is 6.54 Å². The average Bonchev–Trinajstić information content (AvgIpc) is 2.62. The van der Waals surface area contributed by atoms with Crippen LogP contribution in [0, 0.1) is 5.82 Å². The van der Waals surface area contributed by atoms with Crippen molar-refractivity contribution in [2.75, 3.05) is 35.7 Å². The third-order valence-corrected chi connectivity index (χ3v) is 3.92. The van der Waals surface area contributed by atoms with E-state index in [2.05, 4.69) is 36.6 Å². The molecule has 1 fully saturated rings. The third-order valence-electron chi connectivity index (χ3n) is 3.92. The van der Waals surface area contributed by atoms with Gasteiger partial charge in [0.15, 0.2) is 11.6 Å². The molecule has 0 radical (unpaired) electrons. The van der Waals surface area contributed by atoms with E-state index in [-0.39, 0.29) is 5.82 Å². The summed E-state index contributed by atoms with van der Waals surface area (Å²) in [5.41, 5.74) is 1.10. The molecule has 0 aromatic carbocycles. The highest BCUT2D eigenvalue weighted by Crippen LogP contribution is 2.19. The number of rotatable bonds is 5. The summed E-state index contributed by atoms with van der Waals surface area (Å²) in [5.74, 6) is 1.13. The molecule has 23 heavy (non-hydrogen) atoms. The lowest BCUT2D eigenvalue weighted by atomic mass is 10.1. The number of anilines is 3. The first kappa shape index (κ1) is 15.5. The minimum atomic E-state index is -0.464. The van der Waals surface area contributed by atoms with Gasteiger partial charge in [0.2, 0.25) is 5.95 Å². The van der Waals surface area contributed by atoms with Crippen LogP contribution >= 0.6 is 0 Å². The van der Waals surface area contributed by atoms with Gasteiger partial charge in [-0.15, -0.1) is 0 Å². The maximum absolute atomic E-state index is 13.4. The largest absolute Gasteiger partial charge is 0.371 e. The molecule has 2 aromatic heterocycles. The molecule has 2 aromatic rings. The van der Waals surface area contributed by atoms with E-state index in [0.717, 1.165) is 30.7 Å². The molecule has 0 unspecified atom stereocenters. The number of aromatic nitrogens is 3. The molecule has 3 rings (SSSR count). The lowest BCUT2D eigenvalue weighted by Crippen LogP contribution is -2.30. The van der Waals surface area contributed by atoms with Gasteiger partial charge in [0.25, 0.3) is 0 Å². The van der Waals surface area contributed by atoms with Crippen molar-refractivity contribution in [3.8, 4) is 0 Å². The molecule has 1 saturated heterocycles. The first-order chi connectivity index (χ1) is 11.3. The topological polar surface area (TPSA) is 66.0 Å². The third kappa shape index (κ3) is 3.85. The highest BCUT2D eigenvalue weighted by atomic mass is 19.1. The normalized spacial score (nSPS) is 14.6. The van der Waals surface area contributed by atoms with Crippen molar-refractivity contribution in [2.24, 2.45) is 0 Å². The van der Waals surface area contributed by atoms with Gasteiger partial charge in [0, 0.05) is 32.9 Å². The van der Waals surface area contributed by atoms with Crippen LogP contribution < -0.4 is 15.5 Å². The van der Waals surface area contributed by atoms with Crippen LogP contribution in [0.25, 0.3) is 0 Å². The Morgan fingerprint density at radius 3 is 2.83 bits per heavy atom. The Morgan fingerprint density at radius 1 is 1.22 bits per heavy atom. The molecule has 0 aliphatic carbocycles. The fourth-order valence-electron chi connectivity index (χ4n) is 2.68. The quantitative estimate of drug-likeness (QED) is 0.884. The molecular formula is C16H21FN6. The lowest BCUT2D eigenvalue weighted by molar-refractivity contribution is 0.573. The summed E-state index contributed by atoms with van der Waals surface area (Å²) in [6, 6.07) is 4.05. The molecule has 0 amide bonds. The van der Waals surface area contributed by atoms with E-state index in [1.165, 1.54) is 19.3 Å². The Labute approximate surface area is 135 Å². The summed E-state index contributed by atoms with van der Waals surface area (Å²) in [5, 5.41) is 5.82. The second-order valence-corrected chi connectivity index (χ2v) is 5.56. The van der Waals surface area contributed by atoms with E-state index in [1.807, 2.05) is 12.3 Å². The molecule has 7 heteroatoms. The standard InChI is InChI=1S/C16H21FN6/c1-18-15-13(17)11-21-16(22-15)20-10-12-5-6-19-14(9-12)23-7-3-2-4-8-23/h5-6,9,11H,2-4,7-8,10H2,1H3,(H2,18,20,21,22). The van der Waals surface area contributed by atoms with Crippen molar-refractivity contribution in [3.05, 3.63) is 35.9 Å². The summed E-state index contributed by atoms with van der Waals surface area (Å²) in [7, 11) is 1.63. The summed E-state index contributed by atoms with van der Waals surface area (Å²) in [6.45, 7) is 2.70. The Morgan fingerprint density at radius 2 is 2.04 bits per heavy atom. The van der Waals surface area contributed by atoms with Crippen molar-refractivity contribution in [1.29, 1.82) is 0 Å². The zero-order valence-electron chi connectivity index (χ0n) is 13.2. The van der Waals surface area contributed by atoms with Gasteiger partial charge in [-0.1, -0.05) is 0 Å². The average molecular weight is 316 g/mol. The predicted octanol–water partition coefficient (Wildman–Crippen LogP) is 2.65. The van der Waals surface area contributed by atoms with Crippen LogP contribution in [0.3, 0.4) is 0 Å². The van der Waals surface area contributed by atoms with Crippen LogP contribution in [-0.4, -0.2) is 35.1 Å². The number of hydrogen-bond acceptors (Lipinski definition) is 6. The van der Waals surface area contributed by atoms with Crippen LogP contribution in [0.15, 0.2) is 24.5 Å². The number of piperidine rings is 1. The van der Waals surface area contributed by atoms with Crippen LogP contribution in [0.2, 0.25) is 0 Å². The van der Waals surface area contributed by atoms with Crippen molar-refractivity contribution in [1.82, 2.24) is 15.0 Å². The van der Waals surface area contributed by atoms with Gasteiger partial charge < -0.3 is 15.5 Å². The monoisotopic (exact) mass is 316 g/mol. The maximum atomic E-state index is 13.4. The fourth-order valence-corrected chi connectivity index (χ4v) is 2.68. The smallest absolute Gasteiger partial charge is 0.225 e. The van der Waals surface area contributed by atoms with Crippen LogP contribution in [0.5, 0.6) is 0 Å². The van der Waals surface area contributed by atoms with Gasteiger partial charge in [0.1, 0.15) is 5.82 Å². The molecule has 0 saturated carbocycles. The second-order valence-electron chi connectivity index (χ2n) is 5.56. The predicted molar refractivity (Wildman–Crippen MR) is 89.2 cm³/mol. The molecule has 0 bridgehead atoms. The first-order valence-electron chi connectivity index (χ1n) is 7.90. The molecule has 1 aliphatic rings. The minimum absolute atomic E-state index is 0.186. The first-order valence-corrected chi connectivity index (χ1v) is 7.90. The van der Waals surface area contributed by atoms with Gasteiger partial charge in [-0.3, -0.25) is 0 Å². The summed E-state index contributed by atoms with van der Waals surface area (Å²) in [6.07, 6.45) is 6.73. The van der Waals surface area contributed by atoms with Crippen molar-refractivity contribution in [2.45, 2.75) is 25.8 Å². The van der Waals surface area contributed by atoms with Crippen molar-refractivity contribution < 1.29 is 4.39 Å². The van der Waals surface area contributed by atoms with Gasteiger partial charge in [0.05, 0.1) is 6.20 Å². The van der Waals surface area contributed by atoms with E-state index in [0.29, 0.717) is 12.5 Å². The SMILES string of the molecule is CNc1nc(NCc2ccnc(N3CCCCC3)c2)ncc1F. The molecule has 3 heterocycles. The van der Waals surface area contributed by atoms with Gasteiger partial charge in [-0.2, -0.15) is 4.98 Å². The minimum Gasteiger partial charge on any atom is -0.371 e.